The predicted molar refractivity (Wildman–Crippen MR) is 103 cm³/mol. The molecule has 4 rings (SSSR count). The first kappa shape index (κ1) is 17.0. The molecule has 26 heavy (non-hydrogen) atoms. The summed E-state index contributed by atoms with van der Waals surface area (Å²) in [5.74, 6) is 0. The average Bonchev–Trinajstić information content (AvgIpc) is 3.12. The Morgan fingerprint density at radius 1 is 1.19 bits per heavy atom. The molecule has 0 aliphatic carbocycles. The number of benzene rings is 1. The van der Waals surface area contributed by atoms with Gasteiger partial charge in [-0.05, 0) is 48.2 Å². The zero-order valence-corrected chi connectivity index (χ0v) is 15.5. The summed E-state index contributed by atoms with van der Waals surface area (Å²) in [7, 11) is -3.45. The number of nitrogens with zero attached hydrogens (tertiary/aromatic N) is 2. The minimum Gasteiger partial charge on any atom is -0.346 e. The second-order valence-corrected chi connectivity index (χ2v) is 8.38. The number of pyridine rings is 1. The van der Waals surface area contributed by atoms with Crippen LogP contribution in [-0.4, -0.2) is 35.8 Å². The van der Waals surface area contributed by atoms with Crippen LogP contribution in [0.1, 0.15) is 24.5 Å². The summed E-state index contributed by atoms with van der Waals surface area (Å²) in [4.78, 5) is 7.86. The lowest BCUT2D eigenvalue weighted by atomic mass is 10.0. The third kappa shape index (κ3) is 2.95. The van der Waals surface area contributed by atoms with Crippen LogP contribution >= 0.6 is 0 Å². The molecule has 0 spiro atoms. The van der Waals surface area contributed by atoms with Gasteiger partial charge in [0.15, 0.2) is 0 Å². The minimum absolute atomic E-state index is 0.364. The first-order valence-corrected chi connectivity index (χ1v) is 10.2. The lowest BCUT2D eigenvalue weighted by Crippen LogP contribution is -2.34. The fourth-order valence-electron chi connectivity index (χ4n) is 3.38. The van der Waals surface area contributed by atoms with Gasteiger partial charge >= 0.3 is 0 Å². The number of aryl methyl sites for hydroxylation is 1. The van der Waals surface area contributed by atoms with Gasteiger partial charge in [-0.3, -0.25) is 0 Å². The number of aromatic nitrogens is 2. The van der Waals surface area contributed by atoms with Crippen LogP contribution in [0.5, 0.6) is 0 Å². The van der Waals surface area contributed by atoms with Crippen LogP contribution in [0, 0.1) is 0 Å². The molecule has 3 aromatic rings. The highest BCUT2D eigenvalue weighted by molar-refractivity contribution is 7.89. The van der Waals surface area contributed by atoms with Crippen LogP contribution < -0.4 is 0 Å². The highest BCUT2D eigenvalue weighted by atomic mass is 32.2. The minimum atomic E-state index is -3.45. The summed E-state index contributed by atoms with van der Waals surface area (Å²) in [5.41, 5.74) is 4.27. The van der Waals surface area contributed by atoms with Crippen molar-refractivity contribution in [3.63, 3.8) is 0 Å². The van der Waals surface area contributed by atoms with Crippen molar-refractivity contribution in [2.75, 3.05) is 13.1 Å². The summed E-state index contributed by atoms with van der Waals surface area (Å²) in [6.07, 6.45) is 7.31. The van der Waals surface area contributed by atoms with E-state index in [1.54, 1.807) is 22.6 Å². The highest BCUT2D eigenvalue weighted by Crippen LogP contribution is 2.30. The van der Waals surface area contributed by atoms with E-state index in [9.17, 15) is 8.42 Å². The second kappa shape index (κ2) is 6.70. The van der Waals surface area contributed by atoms with E-state index in [0.717, 1.165) is 34.2 Å². The van der Waals surface area contributed by atoms with Crippen molar-refractivity contribution in [2.24, 2.45) is 0 Å². The Hall–Kier alpha value is -2.44. The van der Waals surface area contributed by atoms with Crippen LogP contribution in [0.25, 0.3) is 16.6 Å². The van der Waals surface area contributed by atoms with E-state index in [-0.39, 0.29) is 0 Å². The van der Waals surface area contributed by atoms with Crippen LogP contribution in [0.4, 0.5) is 0 Å². The van der Waals surface area contributed by atoms with E-state index < -0.39 is 10.0 Å². The molecule has 1 N–H and O–H groups in total. The van der Waals surface area contributed by atoms with Gasteiger partial charge in [-0.15, -0.1) is 0 Å². The van der Waals surface area contributed by atoms with Gasteiger partial charge < -0.3 is 4.98 Å². The summed E-state index contributed by atoms with van der Waals surface area (Å²) in [6, 6.07) is 11.1. The van der Waals surface area contributed by atoms with E-state index in [0.29, 0.717) is 24.4 Å². The van der Waals surface area contributed by atoms with Crippen molar-refractivity contribution in [2.45, 2.75) is 24.7 Å². The Morgan fingerprint density at radius 3 is 2.69 bits per heavy atom. The SMILES string of the molecule is CCc1ccc(S(=O)(=O)N2CC=C(c3c[nH]c4ncccc34)CC2)cc1. The van der Waals surface area contributed by atoms with E-state index in [2.05, 4.69) is 16.9 Å². The summed E-state index contributed by atoms with van der Waals surface area (Å²) >= 11 is 0. The van der Waals surface area contributed by atoms with E-state index in [1.165, 1.54) is 0 Å². The first-order valence-electron chi connectivity index (χ1n) is 8.80. The molecular formula is C20H21N3O2S. The van der Waals surface area contributed by atoms with Crippen molar-refractivity contribution in [1.29, 1.82) is 0 Å². The molecule has 0 fully saturated rings. The van der Waals surface area contributed by atoms with Gasteiger partial charge in [-0.25, -0.2) is 13.4 Å². The maximum absolute atomic E-state index is 12.9. The molecule has 134 valence electrons. The maximum Gasteiger partial charge on any atom is 0.243 e. The zero-order valence-electron chi connectivity index (χ0n) is 14.6. The Kier molecular flexibility index (Phi) is 4.38. The molecule has 3 heterocycles. The lowest BCUT2D eigenvalue weighted by Gasteiger charge is -2.26. The molecule has 0 saturated carbocycles. The summed E-state index contributed by atoms with van der Waals surface area (Å²) in [5, 5.41) is 1.07. The zero-order chi connectivity index (χ0) is 18.1. The fourth-order valence-corrected chi connectivity index (χ4v) is 4.76. The fraction of sp³-hybridized carbons (Fsp3) is 0.250. The van der Waals surface area contributed by atoms with E-state index in [4.69, 9.17) is 0 Å². The Bertz CT molecular complexity index is 1070. The molecule has 5 nitrogen and oxygen atoms in total. The number of hydrogen-bond donors (Lipinski definition) is 1. The smallest absolute Gasteiger partial charge is 0.243 e. The molecule has 6 heteroatoms. The van der Waals surface area contributed by atoms with Crippen molar-refractivity contribution in [3.05, 3.63) is 66.0 Å². The largest absolute Gasteiger partial charge is 0.346 e. The van der Waals surface area contributed by atoms with Gasteiger partial charge in [0.1, 0.15) is 5.65 Å². The molecule has 0 bridgehead atoms. The van der Waals surface area contributed by atoms with Gasteiger partial charge in [0, 0.05) is 36.4 Å². The van der Waals surface area contributed by atoms with Gasteiger partial charge in [0.05, 0.1) is 4.90 Å². The molecule has 0 amide bonds. The molecule has 1 aliphatic heterocycles. The number of hydrogen-bond acceptors (Lipinski definition) is 3. The molecular weight excluding hydrogens is 346 g/mol. The Labute approximate surface area is 153 Å². The Balaban J connectivity index is 1.58. The first-order chi connectivity index (χ1) is 12.6. The summed E-state index contributed by atoms with van der Waals surface area (Å²) < 4.78 is 27.3. The van der Waals surface area contributed by atoms with E-state index in [1.807, 2.05) is 36.5 Å². The van der Waals surface area contributed by atoms with Crippen LogP contribution in [-0.2, 0) is 16.4 Å². The lowest BCUT2D eigenvalue weighted by molar-refractivity contribution is 0.441. The molecule has 1 aliphatic rings. The number of H-pyrrole nitrogens is 1. The molecule has 0 radical (unpaired) electrons. The molecule has 0 saturated heterocycles. The van der Waals surface area contributed by atoms with Crippen molar-refractivity contribution >= 4 is 26.6 Å². The molecule has 2 aromatic heterocycles. The number of fused-ring (bicyclic) bond motifs is 1. The van der Waals surface area contributed by atoms with Gasteiger partial charge in [0.2, 0.25) is 10.0 Å². The standard InChI is InChI=1S/C20H21N3O2S/c1-2-15-5-7-17(8-6-15)26(24,25)23-12-9-16(10-13-23)19-14-22-20-18(19)4-3-11-21-20/h3-9,11,14H,2,10,12-13H2,1H3,(H,21,22). The van der Waals surface area contributed by atoms with Gasteiger partial charge in [-0.2, -0.15) is 4.31 Å². The normalized spacial score (nSPS) is 16.0. The number of nitrogens with one attached hydrogen (secondary N) is 1. The summed E-state index contributed by atoms with van der Waals surface area (Å²) in [6.45, 7) is 2.93. The van der Waals surface area contributed by atoms with Crippen molar-refractivity contribution in [1.82, 2.24) is 14.3 Å². The number of aromatic amines is 1. The topological polar surface area (TPSA) is 66.1 Å². The maximum atomic E-state index is 12.9. The third-order valence-corrected chi connectivity index (χ3v) is 6.82. The van der Waals surface area contributed by atoms with Crippen LogP contribution in [0.15, 0.2) is 59.8 Å². The average molecular weight is 367 g/mol. The number of rotatable bonds is 4. The third-order valence-electron chi connectivity index (χ3n) is 4.94. The molecule has 1 aromatic carbocycles. The monoisotopic (exact) mass is 367 g/mol. The molecule has 0 atom stereocenters. The van der Waals surface area contributed by atoms with Gasteiger partial charge in [-0.1, -0.05) is 25.1 Å². The van der Waals surface area contributed by atoms with Gasteiger partial charge in [0.25, 0.3) is 0 Å². The quantitative estimate of drug-likeness (QED) is 0.766. The second-order valence-electron chi connectivity index (χ2n) is 6.44. The van der Waals surface area contributed by atoms with Crippen LogP contribution in [0.2, 0.25) is 0 Å². The predicted octanol–water partition coefficient (Wildman–Crippen LogP) is 3.60. The number of sulfonamides is 1. The Morgan fingerprint density at radius 2 is 2.00 bits per heavy atom. The van der Waals surface area contributed by atoms with Crippen molar-refractivity contribution < 1.29 is 8.42 Å². The van der Waals surface area contributed by atoms with Crippen LogP contribution in [0.3, 0.4) is 0 Å². The molecule has 0 unspecified atom stereocenters. The van der Waals surface area contributed by atoms with E-state index >= 15 is 0 Å². The van der Waals surface area contributed by atoms with Crippen molar-refractivity contribution in [3.8, 4) is 0 Å². The highest BCUT2D eigenvalue weighted by Gasteiger charge is 2.26.